The normalized spacial score (nSPS) is 12.6. The van der Waals surface area contributed by atoms with E-state index in [1.54, 1.807) is 11.0 Å². The molecule has 0 radical (unpaired) electrons. The number of rotatable bonds is 6. The van der Waals surface area contributed by atoms with Gasteiger partial charge in [0.2, 0.25) is 5.91 Å². The molecule has 6 heteroatoms. The Morgan fingerprint density at radius 3 is 2.50 bits per heavy atom. The van der Waals surface area contributed by atoms with Gasteiger partial charge in [0, 0.05) is 12.1 Å². The van der Waals surface area contributed by atoms with E-state index in [9.17, 15) is 4.79 Å². The molecule has 0 bridgehead atoms. The molecule has 1 atom stereocenters. The van der Waals surface area contributed by atoms with Gasteiger partial charge in [-0.05, 0) is 45.5 Å². The molecule has 1 N–H and O–H groups in total. The van der Waals surface area contributed by atoms with E-state index in [4.69, 9.17) is 0 Å². The molecule has 0 aliphatic rings. The van der Waals surface area contributed by atoms with Gasteiger partial charge in [-0.1, -0.05) is 12.1 Å². The van der Waals surface area contributed by atoms with E-state index >= 15 is 0 Å². The van der Waals surface area contributed by atoms with Crippen molar-refractivity contribution in [1.29, 1.82) is 0 Å². The second-order valence-electron chi connectivity index (χ2n) is 5.74. The molecule has 6 nitrogen and oxygen atoms in total. The van der Waals surface area contributed by atoms with Gasteiger partial charge in [0.05, 0.1) is 12.2 Å². The summed E-state index contributed by atoms with van der Waals surface area (Å²) in [5.74, 6) is 0.0450. The standard InChI is InChI=1S/C16H23N5O/c1-12(2)19-16(22)9-20(4)13(3)14-5-7-15(8-6-14)21-11-17-10-18-21/h5-8,10-13H,9H2,1-4H3,(H,19,22). The quantitative estimate of drug-likeness (QED) is 0.883. The van der Waals surface area contributed by atoms with E-state index < -0.39 is 0 Å². The molecule has 1 aromatic heterocycles. The Bertz CT molecular complexity index is 592. The van der Waals surface area contributed by atoms with Crippen LogP contribution < -0.4 is 5.32 Å². The number of aromatic nitrogens is 3. The summed E-state index contributed by atoms with van der Waals surface area (Å²) in [6, 6.07) is 8.43. The molecule has 2 rings (SSSR count). The van der Waals surface area contributed by atoms with E-state index in [0.29, 0.717) is 6.54 Å². The molecule has 1 unspecified atom stereocenters. The number of carbonyl (C=O) groups is 1. The van der Waals surface area contributed by atoms with Crippen molar-refractivity contribution in [3.05, 3.63) is 42.5 Å². The van der Waals surface area contributed by atoms with E-state index in [0.717, 1.165) is 11.3 Å². The first-order valence-corrected chi connectivity index (χ1v) is 7.42. The maximum atomic E-state index is 11.8. The summed E-state index contributed by atoms with van der Waals surface area (Å²) in [4.78, 5) is 17.8. The van der Waals surface area contributed by atoms with Crippen LogP contribution in [0.15, 0.2) is 36.9 Å². The topological polar surface area (TPSA) is 63.1 Å². The van der Waals surface area contributed by atoms with Crippen molar-refractivity contribution in [3.8, 4) is 5.69 Å². The second-order valence-corrected chi connectivity index (χ2v) is 5.74. The van der Waals surface area contributed by atoms with Gasteiger partial charge < -0.3 is 5.32 Å². The van der Waals surface area contributed by atoms with Crippen molar-refractivity contribution in [2.75, 3.05) is 13.6 Å². The number of hydrogen-bond donors (Lipinski definition) is 1. The van der Waals surface area contributed by atoms with Crippen LogP contribution in [0.4, 0.5) is 0 Å². The Balaban J connectivity index is 2.00. The highest BCUT2D eigenvalue weighted by Gasteiger charge is 2.15. The van der Waals surface area contributed by atoms with Crippen molar-refractivity contribution in [2.45, 2.75) is 32.9 Å². The van der Waals surface area contributed by atoms with Crippen LogP contribution in [0.25, 0.3) is 5.69 Å². The first-order chi connectivity index (χ1) is 10.5. The van der Waals surface area contributed by atoms with Gasteiger partial charge in [-0.2, -0.15) is 5.10 Å². The highest BCUT2D eigenvalue weighted by molar-refractivity contribution is 5.78. The number of nitrogens with zero attached hydrogens (tertiary/aromatic N) is 4. The number of likely N-dealkylation sites (N-methyl/N-ethyl adjacent to an activating group) is 1. The maximum absolute atomic E-state index is 11.8. The van der Waals surface area contributed by atoms with Gasteiger partial charge in [-0.25, -0.2) is 9.67 Å². The molecular weight excluding hydrogens is 278 g/mol. The van der Waals surface area contributed by atoms with Gasteiger partial charge in [0.25, 0.3) is 0 Å². The Kier molecular flexibility index (Phi) is 5.27. The Hall–Kier alpha value is -2.21. The second kappa shape index (κ2) is 7.17. The smallest absolute Gasteiger partial charge is 0.234 e. The number of hydrogen-bond acceptors (Lipinski definition) is 4. The summed E-state index contributed by atoms with van der Waals surface area (Å²) < 4.78 is 1.72. The van der Waals surface area contributed by atoms with Crippen molar-refractivity contribution in [1.82, 2.24) is 25.0 Å². The van der Waals surface area contributed by atoms with Crippen LogP contribution in [0.5, 0.6) is 0 Å². The van der Waals surface area contributed by atoms with Crippen LogP contribution in [0.3, 0.4) is 0 Å². The van der Waals surface area contributed by atoms with Crippen molar-refractivity contribution in [2.24, 2.45) is 0 Å². The van der Waals surface area contributed by atoms with Gasteiger partial charge in [0.1, 0.15) is 12.7 Å². The van der Waals surface area contributed by atoms with Crippen LogP contribution in [-0.2, 0) is 4.79 Å². The third-order valence-electron chi connectivity index (χ3n) is 3.56. The zero-order valence-electron chi connectivity index (χ0n) is 13.5. The summed E-state index contributed by atoms with van der Waals surface area (Å²) in [5, 5.41) is 7.01. The minimum Gasteiger partial charge on any atom is -0.353 e. The fourth-order valence-electron chi connectivity index (χ4n) is 2.23. The molecule has 0 saturated heterocycles. The third kappa shape index (κ3) is 4.14. The lowest BCUT2D eigenvalue weighted by Crippen LogP contribution is -2.39. The first-order valence-electron chi connectivity index (χ1n) is 7.42. The SMILES string of the molecule is CC(C)NC(=O)CN(C)C(C)c1ccc(-n2cncn2)cc1. The molecule has 1 amide bonds. The molecule has 2 aromatic rings. The monoisotopic (exact) mass is 301 g/mol. The number of amides is 1. The van der Waals surface area contributed by atoms with Crippen molar-refractivity contribution >= 4 is 5.91 Å². The van der Waals surface area contributed by atoms with Gasteiger partial charge in [-0.3, -0.25) is 9.69 Å². The molecule has 118 valence electrons. The molecule has 0 fully saturated rings. The molecule has 0 saturated carbocycles. The molecular formula is C16H23N5O. The number of carbonyl (C=O) groups excluding carboxylic acids is 1. The summed E-state index contributed by atoms with van der Waals surface area (Å²) in [6.07, 6.45) is 3.18. The number of benzene rings is 1. The lowest BCUT2D eigenvalue weighted by Gasteiger charge is -2.25. The molecule has 1 aromatic carbocycles. The highest BCUT2D eigenvalue weighted by atomic mass is 16.2. The van der Waals surface area contributed by atoms with Crippen LogP contribution in [0, 0.1) is 0 Å². The van der Waals surface area contributed by atoms with Crippen LogP contribution in [-0.4, -0.2) is 45.2 Å². The zero-order chi connectivity index (χ0) is 16.1. The van der Waals surface area contributed by atoms with Gasteiger partial charge >= 0.3 is 0 Å². The lowest BCUT2D eigenvalue weighted by atomic mass is 10.1. The largest absolute Gasteiger partial charge is 0.353 e. The molecule has 0 aliphatic heterocycles. The minimum atomic E-state index is 0.0450. The average Bonchev–Trinajstić information content (AvgIpc) is 2.99. The van der Waals surface area contributed by atoms with Crippen LogP contribution in [0.1, 0.15) is 32.4 Å². The number of nitrogens with one attached hydrogen (secondary N) is 1. The predicted octanol–water partition coefficient (Wildman–Crippen LogP) is 1.78. The predicted molar refractivity (Wildman–Crippen MR) is 85.7 cm³/mol. The maximum Gasteiger partial charge on any atom is 0.234 e. The minimum absolute atomic E-state index is 0.0450. The van der Waals surface area contributed by atoms with Crippen LogP contribution >= 0.6 is 0 Å². The first kappa shape index (κ1) is 16.2. The summed E-state index contributed by atoms with van der Waals surface area (Å²) >= 11 is 0. The Morgan fingerprint density at radius 2 is 1.95 bits per heavy atom. The zero-order valence-corrected chi connectivity index (χ0v) is 13.5. The lowest BCUT2D eigenvalue weighted by molar-refractivity contribution is -0.122. The van der Waals surface area contributed by atoms with E-state index in [1.165, 1.54) is 6.33 Å². The summed E-state index contributed by atoms with van der Waals surface area (Å²) in [6.45, 7) is 6.39. The van der Waals surface area contributed by atoms with Crippen LogP contribution in [0.2, 0.25) is 0 Å². The van der Waals surface area contributed by atoms with Gasteiger partial charge in [-0.15, -0.1) is 0 Å². The van der Waals surface area contributed by atoms with E-state index in [-0.39, 0.29) is 18.0 Å². The molecule has 0 spiro atoms. The fourth-order valence-corrected chi connectivity index (χ4v) is 2.23. The molecule has 22 heavy (non-hydrogen) atoms. The fraction of sp³-hybridized carbons (Fsp3) is 0.438. The van der Waals surface area contributed by atoms with Crippen molar-refractivity contribution in [3.63, 3.8) is 0 Å². The molecule has 0 aliphatic carbocycles. The van der Waals surface area contributed by atoms with E-state index in [2.05, 4.69) is 34.5 Å². The van der Waals surface area contributed by atoms with Crippen molar-refractivity contribution < 1.29 is 4.79 Å². The highest BCUT2D eigenvalue weighted by Crippen LogP contribution is 2.19. The van der Waals surface area contributed by atoms with Gasteiger partial charge in [0.15, 0.2) is 0 Å². The molecule has 1 heterocycles. The Morgan fingerprint density at radius 1 is 1.27 bits per heavy atom. The average molecular weight is 301 g/mol. The van der Waals surface area contributed by atoms with E-state index in [1.807, 2.05) is 37.9 Å². The third-order valence-corrected chi connectivity index (χ3v) is 3.56. The summed E-state index contributed by atoms with van der Waals surface area (Å²) in [7, 11) is 1.95. The Labute approximate surface area is 131 Å². The summed E-state index contributed by atoms with van der Waals surface area (Å²) in [5.41, 5.74) is 2.12.